The van der Waals surface area contributed by atoms with E-state index in [1.165, 1.54) is 0 Å². The van der Waals surface area contributed by atoms with Crippen LogP contribution in [0.2, 0.25) is 0 Å². The van der Waals surface area contributed by atoms with E-state index >= 15 is 0 Å². The van der Waals surface area contributed by atoms with E-state index in [0.29, 0.717) is 25.1 Å². The van der Waals surface area contributed by atoms with Crippen molar-refractivity contribution in [3.05, 3.63) is 33.4 Å². The predicted molar refractivity (Wildman–Crippen MR) is 80.0 cm³/mol. The lowest BCUT2D eigenvalue weighted by Crippen LogP contribution is -2.45. The Bertz CT molecular complexity index is 503. The Hall–Kier alpha value is -1.11. The fraction of sp³-hybridized carbons (Fsp3) is 0.429. The fourth-order valence-corrected chi connectivity index (χ4v) is 3.12. The number of carboxylic acid groups (broad SMARTS) is 1. The number of carbonyl (C=O) groups is 2. The first-order valence-corrected chi connectivity index (χ1v) is 7.35. The Morgan fingerprint density at radius 3 is 2.63 bits per heavy atom. The molecule has 0 aliphatic carbocycles. The van der Waals surface area contributed by atoms with Gasteiger partial charge >= 0.3 is 5.97 Å². The maximum atomic E-state index is 12.4. The average molecular weight is 373 g/mol. The SMILES string of the molecule is CC1CN(C(=O)c2ccccc2I)CCC1C(=O)O. The molecule has 0 radical (unpaired) electrons. The largest absolute Gasteiger partial charge is 0.481 e. The van der Waals surface area contributed by atoms with Crippen molar-refractivity contribution in [2.45, 2.75) is 13.3 Å². The molecule has 5 heteroatoms. The van der Waals surface area contributed by atoms with Crippen LogP contribution in [0.5, 0.6) is 0 Å². The molecule has 0 bridgehead atoms. The Morgan fingerprint density at radius 1 is 1.37 bits per heavy atom. The third-order valence-corrected chi connectivity index (χ3v) is 4.55. The van der Waals surface area contributed by atoms with Gasteiger partial charge in [0.05, 0.1) is 11.5 Å². The van der Waals surface area contributed by atoms with Crippen molar-refractivity contribution in [2.24, 2.45) is 11.8 Å². The molecule has 1 fully saturated rings. The molecule has 1 aromatic rings. The van der Waals surface area contributed by atoms with Crippen molar-refractivity contribution in [1.29, 1.82) is 0 Å². The maximum Gasteiger partial charge on any atom is 0.306 e. The molecule has 1 saturated heterocycles. The smallest absolute Gasteiger partial charge is 0.306 e. The number of nitrogens with zero attached hydrogens (tertiary/aromatic N) is 1. The van der Waals surface area contributed by atoms with Gasteiger partial charge < -0.3 is 10.0 Å². The van der Waals surface area contributed by atoms with Crippen LogP contribution in [0.1, 0.15) is 23.7 Å². The first kappa shape index (κ1) is 14.3. The molecule has 2 atom stereocenters. The first-order valence-electron chi connectivity index (χ1n) is 6.27. The minimum absolute atomic E-state index is 0.000638. The molecule has 4 nitrogen and oxygen atoms in total. The second kappa shape index (κ2) is 5.90. The summed E-state index contributed by atoms with van der Waals surface area (Å²) in [6.07, 6.45) is 0.533. The van der Waals surface area contributed by atoms with E-state index in [1.807, 2.05) is 31.2 Å². The van der Waals surface area contributed by atoms with Crippen molar-refractivity contribution in [3.63, 3.8) is 0 Å². The molecule has 0 aromatic heterocycles. The highest BCUT2D eigenvalue weighted by Gasteiger charge is 2.33. The number of hydrogen-bond donors (Lipinski definition) is 1. The highest BCUT2D eigenvalue weighted by Crippen LogP contribution is 2.25. The number of aliphatic carboxylic acids is 1. The van der Waals surface area contributed by atoms with E-state index in [0.717, 1.165) is 3.57 Å². The van der Waals surface area contributed by atoms with Crippen LogP contribution in [0.25, 0.3) is 0 Å². The number of amides is 1. The van der Waals surface area contributed by atoms with Crippen LogP contribution in [0.15, 0.2) is 24.3 Å². The zero-order valence-electron chi connectivity index (χ0n) is 10.7. The lowest BCUT2D eigenvalue weighted by Gasteiger charge is -2.35. The first-order chi connectivity index (χ1) is 9.00. The number of hydrogen-bond acceptors (Lipinski definition) is 2. The van der Waals surface area contributed by atoms with E-state index in [4.69, 9.17) is 5.11 Å². The molecule has 102 valence electrons. The number of halogens is 1. The number of likely N-dealkylation sites (tertiary alicyclic amines) is 1. The third-order valence-electron chi connectivity index (χ3n) is 3.61. The van der Waals surface area contributed by atoms with E-state index in [1.54, 1.807) is 4.90 Å². The van der Waals surface area contributed by atoms with Gasteiger partial charge in [-0.05, 0) is 47.1 Å². The van der Waals surface area contributed by atoms with Crippen LogP contribution in [-0.2, 0) is 4.79 Å². The molecule has 0 saturated carbocycles. The van der Waals surface area contributed by atoms with Crippen LogP contribution in [0, 0.1) is 15.4 Å². The lowest BCUT2D eigenvalue weighted by atomic mass is 9.87. The summed E-state index contributed by atoms with van der Waals surface area (Å²) in [7, 11) is 0. The minimum Gasteiger partial charge on any atom is -0.481 e. The highest BCUT2D eigenvalue weighted by molar-refractivity contribution is 14.1. The number of carboxylic acids is 1. The monoisotopic (exact) mass is 373 g/mol. The van der Waals surface area contributed by atoms with Gasteiger partial charge in [0.25, 0.3) is 5.91 Å². The Kier molecular flexibility index (Phi) is 4.44. The van der Waals surface area contributed by atoms with E-state index in [-0.39, 0.29) is 17.7 Å². The summed E-state index contributed by atoms with van der Waals surface area (Å²) in [5, 5.41) is 9.09. The summed E-state index contributed by atoms with van der Waals surface area (Å²) in [5.41, 5.74) is 0.698. The van der Waals surface area contributed by atoms with Gasteiger partial charge in [0.1, 0.15) is 0 Å². The molecule has 1 N–H and O–H groups in total. The van der Waals surface area contributed by atoms with Gasteiger partial charge in [0.2, 0.25) is 0 Å². The molecule has 0 spiro atoms. The maximum absolute atomic E-state index is 12.4. The standard InChI is InChI=1S/C14H16INO3/c1-9-8-16(7-6-10(9)14(18)19)13(17)11-4-2-3-5-12(11)15/h2-5,9-10H,6-8H2,1H3,(H,18,19). The summed E-state index contributed by atoms with van der Waals surface area (Å²) in [6.45, 7) is 2.93. The molecule has 1 aliphatic rings. The van der Waals surface area contributed by atoms with E-state index in [9.17, 15) is 9.59 Å². The molecule has 1 aromatic carbocycles. The molecule has 1 amide bonds. The van der Waals surface area contributed by atoms with Crippen molar-refractivity contribution < 1.29 is 14.7 Å². The van der Waals surface area contributed by atoms with Crippen LogP contribution >= 0.6 is 22.6 Å². The fourth-order valence-electron chi connectivity index (χ4n) is 2.50. The minimum atomic E-state index is -0.756. The van der Waals surface area contributed by atoms with Gasteiger partial charge in [0.15, 0.2) is 0 Å². The summed E-state index contributed by atoms with van der Waals surface area (Å²) >= 11 is 2.15. The number of rotatable bonds is 2. The van der Waals surface area contributed by atoms with Crippen molar-refractivity contribution in [3.8, 4) is 0 Å². The zero-order chi connectivity index (χ0) is 14.0. The topological polar surface area (TPSA) is 57.6 Å². The Morgan fingerprint density at radius 2 is 2.05 bits per heavy atom. The van der Waals surface area contributed by atoms with Gasteiger partial charge in [-0.25, -0.2) is 0 Å². The lowest BCUT2D eigenvalue weighted by molar-refractivity contribution is -0.145. The normalized spacial score (nSPS) is 23.2. The molecular formula is C14H16INO3. The van der Waals surface area contributed by atoms with Crippen molar-refractivity contribution >= 4 is 34.5 Å². The molecule has 1 heterocycles. The summed E-state index contributed by atoms with van der Waals surface area (Å²) in [4.78, 5) is 25.2. The number of piperidine rings is 1. The molecule has 2 rings (SSSR count). The summed E-state index contributed by atoms with van der Waals surface area (Å²) in [5.74, 6) is -1.09. The van der Waals surface area contributed by atoms with E-state index < -0.39 is 5.97 Å². The van der Waals surface area contributed by atoms with Crippen LogP contribution < -0.4 is 0 Å². The Balaban J connectivity index is 2.11. The van der Waals surface area contributed by atoms with Crippen molar-refractivity contribution in [2.75, 3.05) is 13.1 Å². The average Bonchev–Trinajstić information content (AvgIpc) is 2.38. The quantitative estimate of drug-likeness (QED) is 0.811. The second-order valence-corrected chi connectivity index (χ2v) is 6.10. The predicted octanol–water partition coefficient (Wildman–Crippen LogP) is 2.47. The molecule has 2 unspecified atom stereocenters. The van der Waals surface area contributed by atoms with Gasteiger partial charge in [-0.3, -0.25) is 9.59 Å². The molecular weight excluding hydrogens is 357 g/mol. The van der Waals surface area contributed by atoms with Gasteiger partial charge in [-0.15, -0.1) is 0 Å². The summed E-state index contributed by atoms with van der Waals surface area (Å²) in [6, 6.07) is 7.47. The third kappa shape index (κ3) is 3.08. The number of carbonyl (C=O) groups excluding carboxylic acids is 1. The van der Waals surface area contributed by atoms with Gasteiger partial charge in [0, 0.05) is 16.7 Å². The Labute approximate surface area is 125 Å². The van der Waals surface area contributed by atoms with Gasteiger partial charge in [-0.2, -0.15) is 0 Å². The highest BCUT2D eigenvalue weighted by atomic mass is 127. The van der Waals surface area contributed by atoms with Gasteiger partial charge in [-0.1, -0.05) is 19.1 Å². The van der Waals surface area contributed by atoms with Crippen molar-refractivity contribution in [1.82, 2.24) is 4.90 Å². The molecule has 19 heavy (non-hydrogen) atoms. The van der Waals surface area contributed by atoms with Crippen LogP contribution in [-0.4, -0.2) is 35.0 Å². The van der Waals surface area contributed by atoms with Crippen LogP contribution in [0.3, 0.4) is 0 Å². The van der Waals surface area contributed by atoms with Crippen LogP contribution in [0.4, 0.5) is 0 Å². The molecule has 1 aliphatic heterocycles. The zero-order valence-corrected chi connectivity index (χ0v) is 12.8. The summed E-state index contributed by atoms with van der Waals surface area (Å²) < 4.78 is 0.929. The van der Waals surface area contributed by atoms with E-state index in [2.05, 4.69) is 22.6 Å². The number of benzene rings is 1. The second-order valence-electron chi connectivity index (χ2n) is 4.94.